The van der Waals surface area contributed by atoms with E-state index in [0.717, 1.165) is 30.3 Å². The number of amides is 3. The van der Waals surface area contributed by atoms with Crippen LogP contribution in [0.25, 0.3) is 11.0 Å². The van der Waals surface area contributed by atoms with Gasteiger partial charge in [-0.1, -0.05) is 17.3 Å². The van der Waals surface area contributed by atoms with E-state index in [-0.39, 0.29) is 24.1 Å². The number of fused-ring (bicyclic) bond motifs is 1. The number of carbonyl (C=O) groups is 3. The number of nitrogens with zero attached hydrogens (tertiary/aromatic N) is 3. The molecule has 2 unspecified atom stereocenters. The van der Waals surface area contributed by atoms with Crippen molar-refractivity contribution in [3.63, 3.8) is 0 Å². The van der Waals surface area contributed by atoms with Gasteiger partial charge < -0.3 is 25.0 Å². The first-order valence-electron chi connectivity index (χ1n) is 11.6. The Bertz CT molecular complexity index is 1150. The maximum absolute atomic E-state index is 13.2. The van der Waals surface area contributed by atoms with Crippen LogP contribution in [-0.4, -0.2) is 56.4 Å². The van der Waals surface area contributed by atoms with Crippen molar-refractivity contribution in [2.75, 3.05) is 6.54 Å². The minimum absolute atomic E-state index is 0.0550. The molecule has 3 heterocycles. The highest BCUT2D eigenvalue weighted by Gasteiger charge is 2.31. The molecule has 0 spiro atoms. The number of hydrogen-bond donors (Lipinski definition) is 3. The summed E-state index contributed by atoms with van der Waals surface area (Å²) in [5.74, 6) is -0.154. The van der Waals surface area contributed by atoms with Crippen molar-refractivity contribution in [2.45, 2.75) is 64.6 Å². The SMILES string of the molecule is Cc1cc(C(=O)NC(CC(=O)N2CCCC[C@@H]2C)C(=O)NC(C)c2nc3ccccc3[nH]2)no1. The Kier molecular flexibility index (Phi) is 6.95. The minimum atomic E-state index is -1.07. The Labute approximate surface area is 197 Å². The second kappa shape index (κ2) is 10.1. The highest BCUT2D eigenvalue weighted by Crippen LogP contribution is 2.19. The van der Waals surface area contributed by atoms with Crippen LogP contribution in [0.2, 0.25) is 0 Å². The van der Waals surface area contributed by atoms with E-state index in [1.54, 1.807) is 18.7 Å². The van der Waals surface area contributed by atoms with E-state index >= 15 is 0 Å². The van der Waals surface area contributed by atoms with Gasteiger partial charge in [-0.15, -0.1) is 0 Å². The van der Waals surface area contributed by atoms with Gasteiger partial charge in [0.1, 0.15) is 17.6 Å². The Balaban J connectivity index is 1.49. The Morgan fingerprint density at radius 3 is 2.74 bits per heavy atom. The van der Waals surface area contributed by atoms with Crippen molar-refractivity contribution in [3.05, 3.63) is 47.6 Å². The van der Waals surface area contributed by atoms with E-state index in [4.69, 9.17) is 4.52 Å². The molecule has 1 aliphatic rings. The van der Waals surface area contributed by atoms with Gasteiger partial charge in [0.05, 0.1) is 23.5 Å². The second-order valence-corrected chi connectivity index (χ2v) is 8.85. The molecule has 3 atom stereocenters. The van der Waals surface area contributed by atoms with E-state index in [1.165, 1.54) is 6.07 Å². The lowest BCUT2D eigenvalue weighted by Gasteiger charge is -2.34. The maximum atomic E-state index is 13.2. The van der Waals surface area contributed by atoms with Gasteiger partial charge in [-0.2, -0.15) is 0 Å². The second-order valence-electron chi connectivity index (χ2n) is 8.85. The molecule has 1 saturated heterocycles. The summed E-state index contributed by atoms with van der Waals surface area (Å²) in [6.45, 7) is 6.13. The molecule has 1 fully saturated rings. The number of imidazole rings is 1. The van der Waals surface area contributed by atoms with Crippen LogP contribution in [0.5, 0.6) is 0 Å². The summed E-state index contributed by atoms with van der Waals surface area (Å²) in [6.07, 6.45) is 2.79. The monoisotopic (exact) mass is 466 g/mol. The zero-order chi connectivity index (χ0) is 24.2. The summed E-state index contributed by atoms with van der Waals surface area (Å²) in [5, 5.41) is 9.25. The Morgan fingerprint density at radius 2 is 2.03 bits per heavy atom. The van der Waals surface area contributed by atoms with Crippen molar-refractivity contribution in [2.24, 2.45) is 0 Å². The first-order valence-corrected chi connectivity index (χ1v) is 11.6. The van der Waals surface area contributed by atoms with Crippen molar-refractivity contribution in [1.29, 1.82) is 0 Å². The van der Waals surface area contributed by atoms with Crippen LogP contribution in [0, 0.1) is 6.92 Å². The van der Waals surface area contributed by atoms with E-state index in [9.17, 15) is 14.4 Å². The Hall–Kier alpha value is -3.69. The average Bonchev–Trinajstić information content (AvgIpc) is 3.45. The molecule has 10 nitrogen and oxygen atoms in total. The molecule has 3 aromatic rings. The van der Waals surface area contributed by atoms with Crippen molar-refractivity contribution >= 4 is 28.8 Å². The van der Waals surface area contributed by atoms with E-state index in [0.29, 0.717) is 18.1 Å². The maximum Gasteiger partial charge on any atom is 0.274 e. The highest BCUT2D eigenvalue weighted by atomic mass is 16.5. The van der Waals surface area contributed by atoms with Gasteiger partial charge in [-0.3, -0.25) is 14.4 Å². The van der Waals surface area contributed by atoms with Gasteiger partial charge in [-0.05, 0) is 52.2 Å². The molecule has 4 rings (SSSR count). The third-order valence-corrected chi connectivity index (χ3v) is 6.16. The fraction of sp³-hybridized carbons (Fsp3) is 0.458. The van der Waals surface area contributed by atoms with Crippen LogP contribution < -0.4 is 10.6 Å². The molecule has 1 aromatic carbocycles. The van der Waals surface area contributed by atoms with E-state index < -0.39 is 23.9 Å². The predicted octanol–water partition coefficient (Wildman–Crippen LogP) is 2.63. The zero-order valence-corrected chi connectivity index (χ0v) is 19.6. The average molecular weight is 467 g/mol. The minimum Gasteiger partial charge on any atom is -0.361 e. The lowest BCUT2D eigenvalue weighted by molar-refractivity contribution is -0.137. The standard InChI is InChI=1S/C24H30N6O4/c1-14-8-6-7-11-30(14)21(31)13-19(28-24(33)20-12-15(2)34-29-20)23(32)25-16(3)22-26-17-9-4-5-10-18(17)27-22/h4-5,9-10,12,14,16,19H,6-8,11,13H2,1-3H3,(H,25,32)(H,26,27)(H,28,33)/t14-,16?,19?/m0/s1. The van der Waals surface area contributed by atoms with Gasteiger partial charge in [0.15, 0.2) is 5.69 Å². The number of rotatable bonds is 7. The van der Waals surface area contributed by atoms with Crippen LogP contribution in [0.1, 0.15) is 67.6 Å². The molecule has 0 saturated carbocycles. The van der Waals surface area contributed by atoms with Crippen molar-refractivity contribution in [1.82, 2.24) is 30.7 Å². The fourth-order valence-electron chi connectivity index (χ4n) is 4.24. The first-order chi connectivity index (χ1) is 16.3. The molecule has 3 amide bonds. The van der Waals surface area contributed by atoms with Gasteiger partial charge in [-0.25, -0.2) is 4.98 Å². The summed E-state index contributed by atoms with van der Waals surface area (Å²) < 4.78 is 4.97. The summed E-state index contributed by atoms with van der Waals surface area (Å²) in [5.41, 5.74) is 1.71. The van der Waals surface area contributed by atoms with E-state index in [1.807, 2.05) is 31.2 Å². The number of piperidine rings is 1. The first kappa shape index (κ1) is 23.5. The van der Waals surface area contributed by atoms with Crippen LogP contribution in [0.4, 0.5) is 0 Å². The number of aromatic nitrogens is 3. The zero-order valence-electron chi connectivity index (χ0n) is 19.6. The van der Waals surface area contributed by atoms with Gasteiger partial charge in [0.2, 0.25) is 11.8 Å². The highest BCUT2D eigenvalue weighted by molar-refractivity contribution is 5.97. The molecule has 0 aliphatic carbocycles. The topological polar surface area (TPSA) is 133 Å². The normalized spacial score (nSPS) is 17.9. The lowest BCUT2D eigenvalue weighted by Crippen LogP contribution is -2.51. The van der Waals surface area contributed by atoms with Crippen molar-refractivity contribution in [3.8, 4) is 0 Å². The van der Waals surface area contributed by atoms with Gasteiger partial charge in [0.25, 0.3) is 5.91 Å². The molecule has 2 aromatic heterocycles. The largest absolute Gasteiger partial charge is 0.361 e. The summed E-state index contributed by atoms with van der Waals surface area (Å²) in [7, 11) is 0. The summed E-state index contributed by atoms with van der Waals surface area (Å²) in [6, 6.07) is 7.63. The molecular formula is C24H30N6O4. The van der Waals surface area contributed by atoms with E-state index in [2.05, 4.69) is 25.8 Å². The number of aromatic amines is 1. The van der Waals surface area contributed by atoms with Crippen LogP contribution >= 0.6 is 0 Å². The number of para-hydroxylation sites is 2. The number of nitrogens with one attached hydrogen (secondary N) is 3. The number of hydrogen-bond acceptors (Lipinski definition) is 6. The van der Waals surface area contributed by atoms with Crippen LogP contribution in [-0.2, 0) is 9.59 Å². The predicted molar refractivity (Wildman–Crippen MR) is 125 cm³/mol. The lowest BCUT2D eigenvalue weighted by atomic mass is 10.0. The fourth-order valence-corrected chi connectivity index (χ4v) is 4.24. The molecule has 3 N–H and O–H groups in total. The molecule has 10 heteroatoms. The number of benzene rings is 1. The van der Waals surface area contributed by atoms with Crippen LogP contribution in [0.15, 0.2) is 34.9 Å². The smallest absolute Gasteiger partial charge is 0.274 e. The Morgan fingerprint density at radius 1 is 1.24 bits per heavy atom. The summed E-state index contributed by atoms with van der Waals surface area (Å²) >= 11 is 0. The molecule has 0 bridgehead atoms. The third kappa shape index (κ3) is 5.27. The van der Waals surface area contributed by atoms with Gasteiger partial charge >= 0.3 is 0 Å². The number of aryl methyl sites for hydroxylation is 1. The molecular weight excluding hydrogens is 436 g/mol. The number of carbonyl (C=O) groups excluding carboxylic acids is 3. The number of likely N-dealkylation sites (tertiary alicyclic amines) is 1. The van der Waals surface area contributed by atoms with Crippen molar-refractivity contribution < 1.29 is 18.9 Å². The quantitative estimate of drug-likeness (QED) is 0.490. The third-order valence-electron chi connectivity index (χ3n) is 6.16. The molecule has 34 heavy (non-hydrogen) atoms. The molecule has 180 valence electrons. The van der Waals surface area contributed by atoms with Crippen LogP contribution in [0.3, 0.4) is 0 Å². The molecule has 1 aliphatic heterocycles. The number of H-pyrrole nitrogens is 1. The molecule has 0 radical (unpaired) electrons. The van der Waals surface area contributed by atoms with Gasteiger partial charge in [0, 0.05) is 18.7 Å². The summed E-state index contributed by atoms with van der Waals surface area (Å²) in [4.78, 5) is 48.5.